The summed E-state index contributed by atoms with van der Waals surface area (Å²) in [4.78, 5) is 38.5. The van der Waals surface area contributed by atoms with Crippen molar-refractivity contribution >= 4 is 28.6 Å². The van der Waals surface area contributed by atoms with Crippen LogP contribution in [-0.4, -0.2) is 76.7 Å². The molecule has 4 heterocycles. The summed E-state index contributed by atoms with van der Waals surface area (Å²) in [5.74, 6) is 1.78. The van der Waals surface area contributed by atoms with Crippen LogP contribution in [0.2, 0.25) is 0 Å². The molecule has 0 radical (unpaired) electrons. The van der Waals surface area contributed by atoms with Crippen LogP contribution < -0.4 is 0 Å². The van der Waals surface area contributed by atoms with Gasteiger partial charge in [-0.25, -0.2) is 0 Å². The molecule has 1 atom stereocenters. The van der Waals surface area contributed by atoms with Crippen molar-refractivity contribution in [3.8, 4) is 11.1 Å². The summed E-state index contributed by atoms with van der Waals surface area (Å²) in [5.41, 5.74) is 3.44. The summed E-state index contributed by atoms with van der Waals surface area (Å²) in [7, 11) is 0. The van der Waals surface area contributed by atoms with E-state index in [9.17, 15) is 9.59 Å². The van der Waals surface area contributed by atoms with Gasteiger partial charge in [0.1, 0.15) is 17.0 Å². The van der Waals surface area contributed by atoms with E-state index in [1.807, 2.05) is 21.9 Å². The van der Waals surface area contributed by atoms with E-state index < -0.39 is 5.54 Å². The van der Waals surface area contributed by atoms with Gasteiger partial charge < -0.3 is 14.2 Å². The van der Waals surface area contributed by atoms with Crippen LogP contribution >= 0.6 is 0 Å². The minimum atomic E-state index is -0.673. The largest absolute Gasteiger partial charge is 0.464 e. The van der Waals surface area contributed by atoms with Gasteiger partial charge in [-0.2, -0.15) is 0 Å². The number of amides is 2. The van der Waals surface area contributed by atoms with Crippen LogP contribution in [0.1, 0.15) is 51.5 Å². The van der Waals surface area contributed by atoms with Gasteiger partial charge in [0.15, 0.2) is 0 Å². The summed E-state index contributed by atoms with van der Waals surface area (Å²) < 4.78 is 5.50. The number of piperidine rings is 1. The number of carbonyl (C=O) groups is 2. The number of hydrogen-bond donors (Lipinski definition) is 0. The summed E-state index contributed by atoms with van der Waals surface area (Å²) in [6.45, 7) is 8.38. The zero-order valence-electron chi connectivity index (χ0n) is 23.5. The van der Waals surface area contributed by atoms with Gasteiger partial charge in [-0.1, -0.05) is 30.3 Å². The fourth-order valence-electron chi connectivity index (χ4n) is 6.77. The third kappa shape index (κ3) is 4.54. The Morgan fingerprint density at radius 3 is 2.42 bits per heavy atom. The number of benzene rings is 2. The average molecular weight is 539 g/mol. The lowest BCUT2D eigenvalue weighted by molar-refractivity contribution is -0.133. The molecule has 3 fully saturated rings. The molecule has 3 aromatic rings. The number of hydrogen-bond acceptors (Lipinski definition) is 5. The van der Waals surface area contributed by atoms with Crippen molar-refractivity contribution in [1.82, 2.24) is 14.7 Å². The number of furan rings is 1. The Morgan fingerprint density at radius 2 is 1.70 bits per heavy atom. The van der Waals surface area contributed by atoms with Crippen molar-refractivity contribution in [3.05, 3.63) is 60.4 Å². The SMILES string of the molecule is CC(C)N1CCC2(CC1)N=C(c1ccc(-c3ccc4occc4c3)cc1)N(CC1CCN(C(=O)C3CC3)C1)C2=O. The highest BCUT2D eigenvalue weighted by Crippen LogP contribution is 2.38. The van der Waals surface area contributed by atoms with Crippen LogP contribution in [-0.2, 0) is 9.59 Å². The molecule has 1 aliphatic carbocycles. The van der Waals surface area contributed by atoms with Crippen molar-refractivity contribution in [2.75, 3.05) is 32.7 Å². The van der Waals surface area contributed by atoms with Gasteiger partial charge in [-0.05, 0) is 81.2 Å². The average Bonchev–Trinajstić information content (AvgIpc) is 3.43. The minimum absolute atomic E-state index is 0.146. The molecule has 0 bridgehead atoms. The van der Waals surface area contributed by atoms with E-state index in [1.165, 1.54) is 0 Å². The molecule has 1 aromatic heterocycles. The highest BCUT2D eigenvalue weighted by molar-refractivity contribution is 6.15. The Balaban J connectivity index is 1.16. The second-order valence-electron chi connectivity index (χ2n) is 12.5. The Kier molecular flexibility index (Phi) is 6.30. The lowest BCUT2D eigenvalue weighted by atomic mass is 9.87. The first-order chi connectivity index (χ1) is 19.4. The zero-order valence-corrected chi connectivity index (χ0v) is 23.5. The molecule has 208 valence electrons. The molecule has 1 spiro atoms. The van der Waals surface area contributed by atoms with E-state index >= 15 is 0 Å². The van der Waals surface area contributed by atoms with Crippen LogP contribution in [0.15, 0.2) is 64.2 Å². The summed E-state index contributed by atoms with van der Waals surface area (Å²) >= 11 is 0. The highest BCUT2D eigenvalue weighted by Gasteiger charge is 2.51. The number of carbonyl (C=O) groups excluding carboxylic acids is 2. The number of nitrogens with zero attached hydrogens (tertiary/aromatic N) is 4. The third-order valence-electron chi connectivity index (χ3n) is 9.47. The first-order valence-electron chi connectivity index (χ1n) is 14.9. The van der Waals surface area contributed by atoms with Crippen molar-refractivity contribution in [1.29, 1.82) is 0 Å². The molecule has 2 aromatic carbocycles. The van der Waals surface area contributed by atoms with Crippen LogP contribution in [0.5, 0.6) is 0 Å². The molecular weight excluding hydrogens is 500 g/mol. The van der Waals surface area contributed by atoms with E-state index in [0.717, 1.165) is 91.8 Å². The van der Waals surface area contributed by atoms with Gasteiger partial charge >= 0.3 is 0 Å². The Bertz CT molecular complexity index is 1460. The first-order valence-corrected chi connectivity index (χ1v) is 14.9. The van der Waals surface area contributed by atoms with Gasteiger partial charge in [0.25, 0.3) is 5.91 Å². The maximum atomic E-state index is 14.2. The lowest BCUT2D eigenvalue weighted by Gasteiger charge is -2.38. The van der Waals surface area contributed by atoms with E-state index in [-0.39, 0.29) is 17.7 Å². The molecule has 0 N–H and O–H groups in total. The molecule has 4 aliphatic rings. The van der Waals surface area contributed by atoms with E-state index in [1.54, 1.807) is 6.26 Å². The lowest BCUT2D eigenvalue weighted by Crippen LogP contribution is -2.52. The Hall–Kier alpha value is -3.45. The maximum Gasteiger partial charge on any atom is 0.256 e. The molecule has 7 heteroatoms. The van der Waals surface area contributed by atoms with Crippen molar-refractivity contribution in [2.45, 2.75) is 57.5 Å². The second-order valence-corrected chi connectivity index (χ2v) is 12.5. The summed E-state index contributed by atoms with van der Waals surface area (Å²) in [5, 5.41) is 1.08. The fraction of sp³-hybridized carbons (Fsp3) is 0.485. The molecule has 7 rings (SSSR count). The molecular formula is C33H38N4O3. The molecule has 1 unspecified atom stereocenters. The minimum Gasteiger partial charge on any atom is -0.464 e. The van der Waals surface area contributed by atoms with Gasteiger partial charge in [0.05, 0.1) is 6.26 Å². The van der Waals surface area contributed by atoms with Crippen LogP contribution in [0.25, 0.3) is 22.1 Å². The maximum absolute atomic E-state index is 14.2. The summed E-state index contributed by atoms with van der Waals surface area (Å²) in [6.07, 6.45) is 6.23. The van der Waals surface area contributed by atoms with E-state index in [2.05, 4.69) is 55.1 Å². The smallest absolute Gasteiger partial charge is 0.256 e. The number of aliphatic imine (C=N–C) groups is 1. The van der Waals surface area contributed by atoms with Crippen LogP contribution in [0, 0.1) is 11.8 Å². The van der Waals surface area contributed by atoms with Gasteiger partial charge in [-0.15, -0.1) is 0 Å². The van der Waals surface area contributed by atoms with Crippen molar-refractivity contribution in [2.24, 2.45) is 16.8 Å². The fourth-order valence-corrected chi connectivity index (χ4v) is 6.77. The number of likely N-dealkylation sites (tertiary alicyclic amines) is 2. The zero-order chi connectivity index (χ0) is 27.4. The van der Waals surface area contributed by atoms with Crippen molar-refractivity contribution < 1.29 is 14.0 Å². The second kappa shape index (κ2) is 9.88. The molecule has 3 aliphatic heterocycles. The summed E-state index contributed by atoms with van der Waals surface area (Å²) in [6, 6.07) is 17.1. The molecule has 2 saturated heterocycles. The normalized spacial score (nSPS) is 23.1. The number of rotatable bonds is 6. The molecule has 7 nitrogen and oxygen atoms in total. The van der Waals surface area contributed by atoms with E-state index in [0.29, 0.717) is 18.5 Å². The number of fused-ring (bicyclic) bond motifs is 1. The van der Waals surface area contributed by atoms with Crippen LogP contribution in [0.4, 0.5) is 0 Å². The topological polar surface area (TPSA) is 69.4 Å². The van der Waals surface area contributed by atoms with Gasteiger partial charge in [-0.3, -0.25) is 19.5 Å². The Labute approximate surface area is 235 Å². The van der Waals surface area contributed by atoms with Crippen molar-refractivity contribution in [3.63, 3.8) is 0 Å². The predicted molar refractivity (Wildman–Crippen MR) is 156 cm³/mol. The monoisotopic (exact) mass is 538 g/mol. The molecule has 1 saturated carbocycles. The van der Waals surface area contributed by atoms with Gasteiger partial charge in [0, 0.05) is 55.6 Å². The third-order valence-corrected chi connectivity index (χ3v) is 9.47. The Morgan fingerprint density at radius 1 is 0.975 bits per heavy atom. The molecule has 2 amide bonds. The van der Waals surface area contributed by atoms with Gasteiger partial charge in [0.2, 0.25) is 5.91 Å². The number of amidine groups is 1. The van der Waals surface area contributed by atoms with Crippen LogP contribution in [0.3, 0.4) is 0 Å². The predicted octanol–water partition coefficient (Wildman–Crippen LogP) is 5.19. The molecule has 40 heavy (non-hydrogen) atoms. The quantitative estimate of drug-likeness (QED) is 0.433. The first kappa shape index (κ1) is 25.5. The highest BCUT2D eigenvalue weighted by atomic mass is 16.3. The standard InChI is InChI=1S/C33H38N4O3/c1-22(2)35-16-13-33(14-17-35)32(39)37(21-23-11-15-36(20-23)31(38)26-7-8-26)30(34-33)25-5-3-24(4-6-25)27-9-10-29-28(19-27)12-18-40-29/h3-6,9-10,12,18-19,22-23,26H,7-8,11,13-17,20-21H2,1-2H3. The van der Waals surface area contributed by atoms with E-state index in [4.69, 9.17) is 9.41 Å².